The van der Waals surface area contributed by atoms with Crippen molar-refractivity contribution in [2.45, 2.75) is 6.04 Å². The lowest BCUT2D eigenvalue weighted by atomic mass is 10.1. The maximum atomic E-state index is 13.0. The van der Waals surface area contributed by atoms with E-state index in [-0.39, 0.29) is 22.4 Å². The van der Waals surface area contributed by atoms with Crippen LogP contribution in [0.15, 0.2) is 16.6 Å². The van der Waals surface area contributed by atoms with Crippen molar-refractivity contribution in [3.05, 3.63) is 28.0 Å². The van der Waals surface area contributed by atoms with Crippen LogP contribution in [0, 0.1) is 5.82 Å². The van der Waals surface area contributed by atoms with Gasteiger partial charge in [-0.2, -0.15) is 0 Å². The molecule has 0 fully saturated rings. The van der Waals surface area contributed by atoms with Crippen LogP contribution in [0.25, 0.3) is 0 Å². The average molecular weight is 250 g/mol. The molecule has 0 saturated heterocycles. The second-order valence-corrected chi connectivity index (χ2v) is 3.47. The number of phenols is 1. The molecule has 0 radical (unpaired) electrons. The Labute approximate surface area is 83.1 Å². The first-order valence-corrected chi connectivity index (χ1v) is 4.40. The molecular weight excluding hydrogens is 241 g/mol. The lowest BCUT2D eigenvalue weighted by molar-refractivity contribution is 0.265. The van der Waals surface area contributed by atoms with Gasteiger partial charge in [-0.3, -0.25) is 0 Å². The highest BCUT2D eigenvalue weighted by Gasteiger charge is 2.13. The van der Waals surface area contributed by atoms with E-state index in [0.29, 0.717) is 0 Å². The first-order chi connectivity index (χ1) is 6.06. The quantitative estimate of drug-likeness (QED) is 0.740. The lowest BCUT2D eigenvalue weighted by Crippen LogP contribution is -2.14. The van der Waals surface area contributed by atoms with Gasteiger partial charge in [0.2, 0.25) is 0 Å². The van der Waals surface area contributed by atoms with Gasteiger partial charge in [-0.1, -0.05) is 0 Å². The number of aliphatic hydroxyl groups excluding tert-OH is 1. The van der Waals surface area contributed by atoms with E-state index in [1.54, 1.807) is 0 Å². The van der Waals surface area contributed by atoms with E-state index in [1.165, 1.54) is 6.07 Å². The van der Waals surface area contributed by atoms with Crippen LogP contribution in [0.1, 0.15) is 11.6 Å². The molecule has 3 nitrogen and oxygen atoms in total. The van der Waals surface area contributed by atoms with Crippen molar-refractivity contribution in [2.24, 2.45) is 5.73 Å². The number of hydrogen-bond acceptors (Lipinski definition) is 3. The number of rotatable bonds is 2. The minimum absolute atomic E-state index is 0.130. The van der Waals surface area contributed by atoms with Crippen LogP contribution < -0.4 is 5.73 Å². The number of halogens is 2. The van der Waals surface area contributed by atoms with Gasteiger partial charge < -0.3 is 15.9 Å². The van der Waals surface area contributed by atoms with Crippen LogP contribution in [0.2, 0.25) is 0 Å². The molecule has 0 aromatic heterocycles. The van der Waals surface area contributed by atoms with Crippen molar-refractivity contribution < 1.29 is 14.6 Å². The van der Waals surface area contributed by atoms with Gasteiger partial charge >= 0.3 is 0 Å². The molecule has 0 heterocycles. The van der Waals surface area contributed by atoms with Crippen molar-refractivity contribution in [1.29, 1.82) is 0 Å². The summed E-state index contributed by atoms with van der Waals surface area (Å²) in [6.45, 7) is -0.339. The molecule has 0 spiro atoms. The molecule has 0 aliphatic rings. The highest BCUT2D eigenvalue weighted by atomic mass is 79.9. The highest BCUT2D eigenvalue weighted by Crippen LogP contribution is 2.28. The zero-order valence-corrected chi connectivity index (χ0v) is 8.25. The summed E-state index contributed by atoms with van der Waals surface area (Å²) < 4.78 is 13.1. The van der Waals surface area contributed by atoms with E-state index in [4.69, 9.17) is 10.8 Å². The molecule has 1 atom stereocenters. The predicted molar refractivity (Wildman–Crippen MR) is 49.8 cm³/mol. The molecule has 1 aromatic carbocycles. The molecular formula is C8H9BrFNO2. The van der Waals surface area contributed by atoms with Crippen molar-refractivity contribution in [1.82, 2.24) is 0 Å². The molecule has 1 aromatic rings. The Morgan fingerprint density at radius 3 is 2.69 bits per heavy atom. The molecule has 0 amide bonds. The normalized spacial score (nSPS) is 12.9. The van der Waals surface area contributed by atoms with Crippen LogP contribution >= 0.6 is 15.9 Å². The van der Waals surface area contributed by atoms with Gasteiger partial charge in [0.15, 0.2) is 0 Å². The SMILES string of the molecule is NC(CO)c1cc(F)c(Br)cc1O. The van der Waals surface area contributed by atoms with Gasteiger partial charge in [0.1, 0.15) is 11.6 Å². The molecule has 0 aliphatic heterocycles. The first kappa shape index (κ1) is 10.4. The molecule has 1 unspecified atom stereocenters. The lowest BCUT2D eigenvalue weighted by Gasteiger charge is -2.11. The van der Waals surface area contributed by atoms with Crippen LogP contribution in [0.3, 0.4) is 0 Å². The number of phenolic OH excluding ortho intramolecular Hbond substituents is 1. The van der Waals surface area contributed by atoms with Gasteiger partial charge in [-0.25, -0.2) is 4.39 Å². The second-order valence-electron chi connectivity index (χ2n) is 2.61. The Morgan fingerprint density at radius 2 is 2.15 bits per heavy atom. The Bertz CT molecular complexity index is 319. The number of hydrogen-bond donors (Lipinski definition) is 3. The zero-order valence-electron chi connectivity index (χ0n) is 6.67. The van der Waals surface area contributed by atoms with Crippen molar-refractivity contribution in [3.8, 4) is 5.75 Å². The van der Waals surface area contributed by atoms with Crippen molar-refractivity contribution in [2.75, 3.05) is 6.61 Å². The highest BCUT2D eigenvalue weighted by molar-refractivity contribution is 9.10. The monoisotopic (exact) mass is 249 g/mol. The van der Waals surface area contributed by atoms with Crippen molar-refractivity contribution in [3.63, 3.8) is 0 Å². The first-order valence-electron chi connectivity index (χ1n) is 3.60. The van der Waals surface area contributed by atoms with E-state index in [9.17, 15) is 9.50 Å². The summed E-state index contributed by atoms with van der Waals surface area (Å²) in [5.74, 6) is -0.647. The van der Waals surface area contributed by atoms with Gasteiger partial charge in [0, 0.05) is 5.56 Å². The number of aliphatic hydroxyl groups is 1. The fourth-order valence-corrected chi connectivity index (χ4v) is 1.28. The van der Waals surface area contributed by atoms with Crippen LogP contribution in [0.5, 0.6) is 5.75 Å². The summed E-state index contributed by atoms with van der Waals surface area (Å²) in [5.41, 5.74) is 5.62. The van der Waals surface area contributed by atoms with E-state index >= 15 is 0 Å². The average Bonchev–Trinajstić information content (AvgIpc) is 2.10. The summed E-state index contributed by atoms with van der Waals surface area (Å²) in [6.07, 6.45) is 0. The summed E-state index contributed by atoms with van der Waals surface area (Å²) >= 11 is 2.91. The van der Waals surface area contributed by atoms with E-state index in [2.05, 4.69) is 15.9 Å². The molecule has 1 rings (SSSR count). The minimum atomic E-state index is -0.761. The van der Waals surface area contributed by atoms with Gasteiger partial charge in [-0.05, 0) is 28.1 Å². The molecule has 0 saturated carbocycles. The Kier molecular flexibility index (Phi) is 3.24. The second kappa shape index (κ2) is 4.04. The third-order valence-electron chi connectivity index (χ3n) is 1.67. The number of benzene rings is 1. The summed E-state index contributed by atoms with van der Waals surface area (Å²) in [7, 11) is 0. The fourth-order valence-electron chi connectivity index (χ4n) is 0.947. The maximum Gasteiger partial charge on any atom is 0.137 e. The Hall–Kier alpha value is -0.650. The number of nitrogens with two attached hydrogens (primary N) is 1. The smallest absolute Gasteiger partial charge is 0.137 e. The standard InChI is InChI=1S/C8H9BrFNO2/c9-5-2-8(13)4(1-6(5)10)7(11)3-12/h1-2,7,12-13H,3,11H2. The largest absolute Gasteiger partial charge is 0.508 e. The topological polar surface area (TPSA) is 66.5 Å². The molecule has 0 aliphatic carbocycles. The van der Waals surface area contributed by atoms with E-state index in [0.717, 1.165) is 6.07 Å². The van der Waals surface area contributed by atoms with Gasteiger partial charge in [-0.15, -0.1) is 0 Å². The van der Waals surface area contributed by atoms with E-state index < -0.39 is 11.9 Å². The van der Waals surface area contributed by atoms with Crippen LogP contribution in [-0.2, 0) is 0 Å². The Morgan fingerprint density at radius 1 is 1.54 bits per heavy atom. The predicted octanol–water partition coefficient (Wildman–Crippen LogP) is 1.29. The maximum absolute atomic E-state index is 13.0. The Balaban J connectivity index is 3.15. The van der Waals surface area contributed by atoms with Gasteiger partial charge in [0.05, 0.1) is 17.1 Å². The third kappa shape index (κ3) is 2.18. The molecule has 4 N–H and O–H groups in total. The number of aromatic hydroxyl groups is 1. The van der Waals surface area contributed by atoms with Crippen LogP contribution in [-0.4, -0.2) is 16.8 Å². The molecule has 13 heavy (non-hydrogen) atoms. The van der Waals surface area contributed by atoms with Crippen LogP contribution in [0.4, 0.5) is 4.39 Å². The van der Waals surface area contributed by atoms with Crippen molar-refractivity contribution >= 4 is 15.9 Å². The summed E-state index contributed by atoms with van der Waals surface area (Å²) in [5, 5.41) is 18.0. The fraction of sp³-hybridized carbons (Fsp3) is 0.250. The molecule has 0 bridgehead atoms. The molecule has 72 valence electrons. The summed E-state index contributed by atoms with van der Waals surface area (Å²) in [6, 6.07) is 1.54. The summed E-state index contributed by atoms with van der Waals surface area (Å²) in [4.78, 5) is 0. The van der Waals surface area contributed by atoms with Gasteiger partial charge in [0.25, 0.3) is 0 Å². The third-order valence-corrected chi connectivity index (χ3v) is 2.27. The molecule has 5 heteroatoms. The zero-order chi connectivity index (χ0) is 10.0. The minimum Gasteiger partial charge on any atom is -0.508 e. The van der Waals surface area contributed by atoms with E-state index in [1.807, 2.05) is 0 Å².